The minimum Gasteiger partial charge on any atom is -0.365 e. The number of halogens is 1. The third kappa shape index (κ3) is 1.57. The van der Waals surface area contributed by atoms with Gasteiger partial charge in [-0.1, -0.05) is 0 Å². The average Bonchev–Trinajstić information content (AvgIpc) is 2.03. The first kappa shape index (κ1) is 8.61. The van der Waals surface area contributed by atoms with Crippen molar-refractivity contribution in [1.82, 2.24) is 9.97 Å². The smallest absolute Gasteiger partial charge is 0.254 e. The fraction of sp³-hybridized carbons (Fsp3) is 0. The van der Waals surface area contributed by atoms with Crippen LogP contribution in [0.4, 0.5) is 5.82 Å². The molecule has 0 atom stereocenters. The van der Waals surface area contributed by atoms with Gasteiger partial charge >= 0.3 is 0 Å². The molecule has 1 aromatic heterocycles. The normalized spacial score (nSPS) is 9.42. The van der Waals surface area contributed by atoms with Gasteiger partial charge in [0, 0.05) is 6.20 Å². The van der Waals surface area contributed by atoms with Gasteiger partial charge in [0.25, 0.3) is 5.91 Å². The van der Waals surface area contributed by atoms with E-state index >= 15 is 0 Å². The summed E-state index contributed by atoms with van der Waals surface area (Å²) >= 11 is 5.44. The van der Waals surface area contributed by atoms with Gasteiger partial charge in [0.15, 0.2) is 5.82 Å². The fourth-order valence-electron chi connectivity index (χ4n) is 0.646. The predicted molar refractivity (Wildman–Crippen MR) is 44.8 cm³/mol. The Hall–Kier alpha value is -1.49. The Bertz CT molecular complexity index is 338. The Kier molecular flexibility index (Phi) is 2.35. The van der Waals surface area contributed by atoms with E-state index in [1.54, 1.807) is 0 Å². The maximum atomic E-state index is 10.7. The summed E-state index contributed by atoms with van der Waals surface area (Å²) in [7, 11) is 0. The highest BCUT2D eigenvalue weighted by molar-refractivity contribution is 6.28. The highest BCUT2D eigenvalue weighted by atomic mass is 35.5. The van der Waals surface area contributed by atoms with Gasteiger partial charge < -0.3 is 5.73 Å². The number of aromatic nitrogens is 2. The fourth-order valence-corrected chi connectivity index (χ4v) is 0.775. The van der Waals surface area contributed by atoms with Gasteiger partial charge in [-0.2, -0.15) is 4.98 Å². The van der Waals surface area contributed by atoms with Crippen molar-refractivity contribution in [2.45, 2.75) is 0 Å². The molecule has 0 spiro atoms. The van der Waals surface area contributed by atoms with E-state index in [4.69, 9.17) is 17.3 Å². The van der Waals surface area contributed by atoms with Gasteiger partial charge in [0.2, 0.25) is 5.28 Å². The monoisotopic (exact) mass is 184 g/mol. The number of aliphatic imine (C=N–C) groups is 1. The first-order chi connectivity index (χ1) is 5.65. The van der Waals surface area contributed by atoms with Crippen LogP contribution >= 0.6 is 11.6 Å². The second-order valence-electron chi connectivity index (χ2n) is 1.90. The Morgan fingerprint density at radius 2 is 2.42 bits per heavy atom. The lowest BCUT2D eigenvalue weighted by Crippen LogP contribution is -2.12. The Balaban J connectivity index is 3.29. The summed E-state index contributed by atoms with van der Waals surface area (Å²) in [5, 5.41) is 0.00222. The zero-order chi connectivity index (χ0) is 9.14. The van der Waals surface area contributed by atoms with Crippen molar-refractivity contribution in [3.8, 4) is 0 Å². The van der Waals surface area contributed by atoms with E-state index in [2.05, 4.69) is 21.7 Å². The molecule has 1 heterocycles. The molecule has 6 heteroatoms. The highest BCUT2D eigenvalue weighted by Crippen LogP contribution is 2.15. The van der Waals surface area contributed by atoms with Crippen LogP contribution in [0.25, 0.3) is 0 Å². The van der Waals surface area contributed by atoms with Crippen LogP contribution in [0, 0.1) is 0 Å². The molecule has 0 saturated heterocycles. The maximum absolute atomic E-state index is 10.7. The van der Waals surface area contributed by atoms with Crippen LogP contribution in [0.15, 0.2) is 11.2 Å². The molecule has 0 bridgehead atoms. The van der Waals surface area contributed by atoms with E-state index < -0.39 is 5.91 Å². The second kappa shape index (κ2) is 3.27. The SMILES string of the molecule is C=Nc1nc(Cl)ncc1C(N)=O. The summed E-state index contributed by atoms with van der Waals surface area (Å²) in [5.74, 6) is -0.559. The minimum absolute atomic E-state index is 0.00222. The van der Waals surface area contributed by atoms with Gasteiger partial charge in [-0.05, 0) is 18.3 Å². The molecule has 12 heavy (non-hydrogen) atoms. The van der Waals surface area contributed by atoms with Crippen molar-refractivity contribution in [2.24, 2.45) is 10.7 Å². The first-order valence-corrected chi connectivity index (χ1v) is 3.32. The van der Waals surface area contributed by atoms with Gasteiger partial charge in [0.05, 0.1) is 0 Å². The van der Waals surface area contributed by atoms with Gasteiger partial charge in [-0.3, -0.25) is 4.79 Å². The molecule has 0 unspecified atom stereocenters. The summed E-state index contributed by atoms with van der Waals surface area (Å²) in [5.41, 5.74) is 5.10. The molecule has 1 rings (SSSR count). The highest BCUT2D eigenvalue weighted by Gasteiger charge is 2.08. The van der Waals surface area contributed by atoms with Crippen LogP contribution in [0.2, 0.25) is 5.28 Å². The Morgan fingerprint density at radius 1 is 1.75 bits per heavy atom. The number of carbonyl (C=O) groups excluding carboxylic acids is 1. The Morgan fingerprint density at radius 3 is 2.92 bits per heavy atom. The van der Waals surface area contributed by atoms with Crippen molar-refractivity contribution in [1.29, 1.82) is 0 Å². The van der Waals surface area contributed by atoms with E-state index in [-0.39, 0.29) is 16.7 Å². The summed E-state index contributed by atoms with van der Waals surface area (Å²) in [6.07, 6.45) is 1.21. The molecule has 0 saturated carbocycles. The molecule has 0 aromatic carbocycles. The number of nitrogens with zero attached hydrogens (tertiary/aromatic N) is 3. The molecular weight excluding hydrogens is 180 g/mol. The molecule has 0 aliphatic carbocycles. The third-order valence-corrected chi connectivity index (χ3v) is 1.34. The number of nitrogens with two attached hydrogens (primary N) is 1. The van der Waals surface area contributed by atoms with Crippen LogP contribution in [-0.2, 0) is 0 Å². The van der Waals surface area contributed by atoms with E-state index in [0.717, 1.165) is 0 Å². The van der Waals surface area contributed by atoms with Crippen molar-refractivity contribution in [3.05, 3.63) is 17.0 Å². The third-order valence-electron chi connectivity index (χ3n) is 1.15. The molecular formula is C6H5ClN4O. The van der Waals surface area contributed by atoms with E-state index in [1.807, 2.05) is 0 Å². The van der Waals surface area contributed by atoms with Crippen molar-refractivity contribution in [2.75, 3.05) is 0 Å². The quantitative estimate of drug-likeness (QED) is 0.539. The summed E-state index contributed by atoms with van der Waals surface area (Å²) in [6, 6.07) is 0. The molecule has 2 N–H and O–H groups in total. The maximum Gasteiger partial charge on any atom is 0.254 e. The van der Waals surface area contributed by atoms with Crippen LogP contribution < -0.4 is 5.73 Å². The van der Waals surface area contributed by atoms with Crippen molar-refractivity contribution >= 4 is 30.0 Å². The largest absolute Gasteiger partial charge is 0.365 e. The zero-order valence-corrected chi connectivity index (χ0v) is 6.75. The molecule has 0 radical (unpaired) electrons. The number of hydrogen-bond acceptors (Lipinski definition) is 4. The summed E-state index contributed by atoms with van der Waals surface area (Å²) in [6.45, 7) is 3.21. The first-order valence-electron chi connectivity index (χ1n) is 2.94. The number of carbonyl (C=O) groups is 1. The number of hydrogen-bond donors (Lipinski definition) is 1. The van der Waals surface area contributed by atoms with Crippen molar-refractivity contribution in [3.63, 3.8) is 0 Å². The van der Waals surface area contributed by atoms with Gasteiger partial charge in [-0.15, -0.1) is 0 Å². The average molecular weight is 185 g/mol. The Labute approximate surface area is 73.3 Å². The number of primary amides is 1. The minimum atomic E-state index is -0.658. The predicted octanol–water partition coefficient (Wildman–Crippen LogP) is 0.561. The standard InChI is InChI=1S/C6H5ClN4O/c1-9-5-3(4(8)12)2-10-6(7)11-5/h2H,1H2,(H2,8,12). The lowest BCUT2D eigenvalue weighted by Gasteiger charge is -1.98. The van der Waals surface area contributed by atoms with Gasteiger partial charge in [-0.25, -0.2) is 9.98 Å². The van der Waals surface area contributed by atoms with Crippen LogP contribution in [0.5, 0.6) is 0 Å². The van der Waals surface area contributed by atoms with E-state index in [9.17, 15) is 4.79 Å². The molecule has 0 aliphatic rings. The van der Waals surface area contributed by atoms with Crippen molar-refractivity contribution < 1.29 is 4.79 Å². The summed E-state index contributed by atoms with van der Waals surface area (Å²) in [4.78, 5) is 21.4. The molecule has 62 valence electrons. The lowest BCUT2D eigenvalue weighted by atomic mass is 10.3. The molecule has 1 amide bonds. The second-order valence-corrected chi connectivity index (χ2v) is 2.24. The van der Waals surface area contributed by atoms with Gasteiger partial charge in [0.1, 0.15) is 5.56 Å². The van der Waals surface area contributed by atoms with Crippen LogP contribution in [-0.4, -0.2) is 22.6 Å². The summed E-state index contributed by atoms with van der Waals surface area (Å²) < 4.78 is 0. The number of rotatable bonds is 2. The molecule has 0 aliphatic heterocycles. The topological polar surface area (TPSA) is 81.2 Å². The van der Waals surface area contributed by atoms with E-state index in [1.165, 1.54) is 6.20 Å². The molecule has 1 aromatic rings. The van der Waals surface area contributed by atoms with Crippen LogP contribution in [0.1, 0.15) is 10.4 Å². The molecule has 5 nitrogen and oxygen atoms in total. The lowest BCUT2D eigenvalue weighted by molar-refractivity contribution is 0.100. The van der Waals surface area contributed by atoms with Crippen LogP contribution in [0.3, 0.4) is 0 Å². The van der Waals surface area contributed by atoms with E-state index in [0.29, 0.717) is 0 Å². The zero-order valence-electron chi connectivity index (χ0n) is 5.99. The molecule has 0 fully saturated rings. The number of amides is 1.